The summed E-state index contributed by atoms with van der Waals surface area (Å²) in [4.78, 5) is 29.7. The normalized spacial score (nSPS) is 17.7. The van der Waals surface area contributed by atoms with Crippen LogP contribution in [0.15, 0.2) is 79.0 Å². The summed E-state index contributed by atoms with van der Waals surface area (Å²) in [5.41, 5.74) is 6.70. The lowest BCUT2D eigenvalue weighted by Gasteiger charge is -2.42. The summed E-state index contributed by atoms with van der Waals surface area (Å²) in [5.74, 6) is -0.295. The molecule has 8 rings (SSSR count). The van der Waals surface area contributed by atoms with Crippen molar-refractivity contribution in [2.45, 2.75) is 44.1 Å². The van der Waals surface area contributed by atoms with Crippen LogP contribution in [0.25, 0.3) is 28.0 Å². The molecule has 272 valence electrons. The molecule has 3 fully saturated rings. The van der Waals surface area contributed by atoms with Gasteiger partial charge in [-0.2, -0.15) is 0 Å². The first-order valence-corrected chi connectivity index (χ1v) is 18.2. The fourth-order valence-electron chi connectivity index (χ4n) is 8.08. The van der Waals surface area contributed by atoms with Gasteiger partial charge in [-0.15, -0.1) is 10.2 Å². The molecule has 2 aromatic heterocycles. The van der Waals surface area contributed by atoms with Crippen molar-refractivity contribution in [3.8, 4) is 22.7 Å². The van der Waals surface area contributed by atoms with E-state index in [0.717, 1.165) is 73.5 Å². The van der Waals surface area contributed by atoms with Gasteiger partial charge in [-0.1, -0.05) is 24.3 Å². The monoisotopic (exact) mass is 715 g/mol. The minimum atomic E-state index is -0.666. The number of aromatic nitrogens is 3. The number of carbonyl (C=O) groups is 2. The van der Waals surface area contributed by atoms with Crippen LogP contribution in [0.1, 0.15) is 49.1 Å². The number of anilines is 2. The smallest absolute Gasteiger partial charge is 0.329 e. The molecule has 0 unspecified atom stereocenters. The number of halogens is 1. The third kappa shape index (κ3) is 6.68. The molecule has 3 aliphatic rings. The van der Waals surface area contributed by atoms with Gasteiger partial charge in [0, 0.05) is 67.8 Å². The van der Waals surface area contributed by atoms with Crippen LogP contribution in [-0.4, -0.2) is 93.3 Å². The van der Waals surface area contributed by atoms with Gasteiger partial charge < -0.3 is 24.8 Å². The van der Waals surface area contributed by atoms with Crippen molar-refractivity contribution in [2.75, 3.05) is 50.0 Å². The number of para-hydroxylation sites is 1. The molecule has 5 aromatic rings. The lowest BCUT2D eigenvalue weighted by molar-refractivity contribution is -0.121. The maximum Gasteiger partial charge on any atom is 0.329 e. The fraction of sp³-hybridized carbons (Fsp3) is 0.325. The van der Waals surface area contributed by atoms with Crippen LogP contribution in [0.4, 0.5) is 20.6 Å². The molecule has 5 heterocycles. The number of aromatic hydroxyl groups is 1. The largest absolute Gasteiger partial charge is 0.507 e. The maximum absolute atomic E-state index is 15.6. The summed E-state index contributed by atoms with van der Waals surface area (Å²) in [7, 11) is 1.71. The number of urea groups is 1. The van der Waals surface area contributed by atoms with Gasteiger partial charge in [-0.25, -0.2) is 9.18 Å². The van der Waals surface area contributed by atoms with Crippen LogP contribution >= 0.6 is 0 Å². The zero-order valence-corrected chi connectivity index (χ0v) is 29.6. The molecule has 0 atom stereocenters. The number of fused-ring (bicyclic) bond motifs is 1. The number of piperidine rings is 2. The van der Waals surface area contributed by atoms with Gasteiger partial charge in [-0.05, 0) is 98.8 Å². The van der Waals surface area contributed by atoms with Gasteiger partial charge >= 0.3 is 6.03 Å². The van der Waals surface area contributed by atoms with Gasteiger partial charge in [0.2, 0.25) is 5.91 Å². The van der Waals surface area contributed by atoms with E-state index >= 15 is 4.39 Å². The number of phenols is 1. The molecule has 3 saturated heterocycles. The number of phenolic OH excluding ortho intramolecular Hbond substituents is 1. The highest BCUT2D eigenvalue weighted by molar-refractivity contribution is 6.13. The number of nitrogens with zero attached hydrogens (tertiary/aromatic N) is 6. The van der Waals surface area contributed by atoms with E-state index in [9.17, 15) is 14.7 Å². The van der Waals surface area contributed by atoms with Crippen molar-refractivity contribution in [3.05, 3.63) is 95.9 Å². The van der Waals surface area contributed by atoms with Crippen LogP contribution < -0.4 is 15.5 Å². The number of amides is 3. The van der Waals surface area contributed by atoms with Gasteiger partial charge in [0.25, 0.3) is 0 Å². The minimum absolute atomic E-state index is 0.0831. The Morgan fingerprint density at radius 1 is 0.925 bits per heavy atom. The SMILES string of the molecule is CNc1cc(N2CCC(N3CCC(c4ccc(-n5ccc6nnc(-c7ccccc7O)cc65)cc4)CC3)CC2)c(F)cc1C(=N)N1CCC(=O)NC1=O. The number of likely N-dealkylation sites (tertiary alicyclic amines) is 1. The van der Waals surface area contributed by atoms with Crippen molar-refractivity contribution in [1.82, 2.24) is 29.9 Å². The van der Waals surface area contributed by atoms with E-state index in [0.29, 0.717) is 34.6 Å². The van der Waals surface area contributed by atoms with E-state index in [1.165, 1.54) is 11.6 Å². The Labute approximate surface area is 306 Å². The average Bonchev–Trinajstić information content (AvgIpc) is 3.61. The van der Waals surface area contributed by atoms with Gasteiger partial charge in [0.1, 0.15) is 22.9 Å². The van der Waals surface area contributed by atoms with Crippen molar-refractivity contribution < 1.29 is 19.1 Å². The van der Waals surface area contributed by atoms with Crippen molar-refractivity contribution in [2.24, 2.45) is 0 Å². The van der Waals surface area contributed by atoms with Crippen LogP contribution in [-0.2, 0) is 4.79 Å². The van der Waals surface area contributed by atoms with Crippen molar-refractivity contribution in [3.63, 3.8) is 0 Å². The first kappa shape index (κ1) is 34.3. The summed E-state index contributed by atoms with van der Waals surface area (Å²) in [5, 5.41) is 33.0. The zero-order valence-electron chi connectivity index (χ0n) is 29.6. The van der Waals surface area contributed by atoms with Crippen LogP contribution in [0.3, 0.4) is 0 Å². The van der Waals surface area contributed by atoms with Crippen molar-refractivity contribution in [1.29, 1.82) is 5.41 Å². The highest BCUT2D eigenvalue weighted by Gasteiger charge is 2.32. The molecule has 4 N–H and O–H groups in total. The second-order valence-electron chi connectivity index (χ2n) is 14.0. The van der Waals surface area contributed by atoms with E-state index in [1.807, 2.05) is 30.5 Å². The quantitative estimate of drug-likeness (QED) is 0.117. The first-order chi connectivity index (χ1) is 25.8. The number of hydrogen-bond acceptors (Lipinski definition) is 9. The van der Waals surface area contributed by atoms with Crippen LogP contribution in [0.5, 0.6) is 5.75 Å². The molecule has 0 spiro atoms. The first-order valence-electron chi connectivity index (χ1n) is 18.2. The Balaban J connectivity index is 0.874. The molecule has 0 radical (unpaired) electrons. The Morgan fingerprint density at radius 3 is 2.40 bits per heavy atom. The van der Waals surface area contributed by atoms with Crippen LogP contribution in [0.2, 0.25) is 0 Å². The number of carbonyl (C=O) groups excluding carboxylic acids is 2. The standard InChI is InChI=1S/C40H42FN9O3/c1-43-33-23-35(31(41)22-30(33)39(42)50-21-15-38(52)44-40(50)53)48-18-12-27(13-19-48)47-16-10-26(11-17-47)25-6-8-28(9-7-25)49-20-14-32-36(49)24-34(46-45-32)29-4-2-3-5-37(29)51/h2-9,14,20,22-24,26-27,42-43,51H,10-13,15-19,21H2,1H3,(H,44,52,53). The molecular weight excluding hydrogens is 673 g/mol. The zero-order chi connectivity index (χ0) is 36.6. The topological polar surface area (TPSA) is 143 Å². The summed E-state index contributed by atoms with van der Waals surface area (Å²) >= 11 is 0. The molecule has 0 aliphatic carbocycles. The molecular formula is C40H42FN9O3. The number of benzene rings is 3. The number of nitrogens with one attached hydrogen (secondary N) is 3. The molecule has 3 amide bonds. The molecule has 53 heavy (non-hydrogen) atoms. The summed E-state index contributed by atoms with van der Waals surface area (Å²) < 4.78 is 17.7. The van der Waals surface area contributed by atoms with E-state index in [4.69, 9.17) is 5.41 Å². The Bertz CT molecular complexity index is 2190. The predicted octanol–water partition coefficient (Wildman–Crippen LogP) is 6.09. The molecule has 12 nitrogen and oxygen atoms in total. The predicted molar refractivity (Wildman–Crippen MR) is 202 cm³/mol. The molecule has 3 aromatic carbocycles. The van der Waals surface area contributed by atoms with E-state index < -0.39 is 11.8 Å². The average molecular weight is 716 g/mol. The highest BCUT2D eigenvalue weighted by atomic mass is 19.1. The summed E-state index contributed by atoms with van der Waals surface area (Å²) in [6.45, 7) is 3.59. The van der Waals surface area contributed by atoms with Crippen LogP contribution in [0, 0.1) is 11.2 Å². The Hall–Kier alpha value is -5.82. The van der Waals surface area contributed by atoms with Gasteiger partial charge in [0.05, 0.1) is 16.9 Å². The van der Waals surface area contributed by atoms with E-state index in [2.05, 4.69) is 59.5 Å². The van der Waals surface area contributed by atoms with E-state index in [1.54, 1.807) is 25.2 Å². The summed E-state index contributed by atoms with van der Waals surface area (Å²) in [6, 6.07) is 22.7. The van der Waals surface area contributed by atoms with E-state index in [-0.39, 0.29) is 36.0 Å². The van der Waals surface area contributed by atoms with Gasteiger partial charge in [-0.3, -0.25) is 20.4 Å². The fourth-order valence-corrected chi connectivity index (χ4v) is 8.08. The highest BCUT2D eigenvalue weighted by Crippen LogP contribution is 2.35. The molecule has 3 aliphatic heterocycles. The minimum Gasteiger partial charge on any atom is -0.507 e. The summed E-state index contributed by atoms with van der Waals surface area (Å²) in [6.07, 6.45) is 6.15. The molecule has 0 saturated carbocycles. The van der Waals surface area contributed by atoms with Crippen molar-refractivity contribution >= 4 is 40.2 Å². The van der Waals surface area contributed by atoms with Gasteiger partial charge in [0.15, 0.2) is 0 Å². The number of hydrogen-bond donors (Lipinski definition) is 4. The lowest BCUT2D eigenvalue weighted by atomic mass is 9.88. The Morgan fingerprint density at radius 2 is 1.68 bits per heavy atom. The second-order valence-corrected chi connectivity index (χ2v) is 14.0. The lowest BCUT2D eigenvalue weighted by Crippen LogP contribution is -2.52. The number of imide groups is 1. The Kier molecular flexibility index (Phi) is 9.25. The second kappa shape index (κ2) is 14.3. The third-order valence-corrected chi connectivity index (χ3v) is 11.1. The molecule has 0 bridgehead atoms. The maximum atomic E-state index is 15.6. The molecule has 13 heteroatoms. The third-order valence-electron chi connectivity index (χ3n) is 11.1. The number of amidine groups is 1. The number of rotatable bonds is 7.